The minimum Gasteiger partial charge on any atom is -0.395 e. The van der Waals surface area contributed by atoms with Crippen LogP contribution in [0, 0.1) is 0 Å². The lowest BCUT2D eigenvalue weighted by Crippen LogP contribution is -2.34. The van der Waals surface area contributed by atoms with Gasteiger partial charge in [0.2, 0.25) is 5.91 Å². The number of nitrogens with zero attached hydrogens (tertiary/aromatic N) is 2. The number of nitrogens with one attached hydrogen (secondary N) is 1. The van der Waals surface area contributed by atoms with Crippen molar-refractivity contribution in [2.24, 2.45) is 0 Å². The van der Waals surface area contributed by atoms with E-state index in [9.17, 15) is 14.4 Å². The number of β-amino-alcohol motifs (C(OH)–C–C–N with tert-alkyl or cyclic N) is 1. The zero-order chi connectivity index (χ0) is 17.7. The van der Waals surface area contributed by atoms with Crippen molar-refractivity contribution in [2.45, 2.75) is 12.8 Å². The molecule has 0 saturated heterocycles. The Morgan fingerprint density at radius 2 is 2.04 bits per heavy atom. The molecule has 1 aromatic carbocycles. The number of imide groups is 1. The molecule has 7 heteroatoms. The van der Waals surface area contributed by atoms with E-state index in [4.69, 9.17) is 5.11 Å². The fourth-order valence-electron chi connectivity index (χ4n) is 2.34. The lowest BCUT2D eigenvalue weighted by atomic mass is 10.1. The van der Waals surface area contributed by atoms with Crippen LogP contribution in [0.4, 0.5) is 5.69 Å². The summed E-state index contributed by atoms with van der Waals surface area (Å²) in [5.74, 6) is -0.848. The summed E-state index contributed by atoms with van der Waals surface area (Å²) >= 11 is 0. The first-order valence-electron chi connectivity index (χ1n) is 7.67. The molecule has 3 amide bonds. The zero-order valence-electron chi connectivity index (χ0n) is 13.8. The van der Waals surface area contributed by atoms with E-state index in [2.05, 4.69) is 5.32 Å². The number of aliphatic hydroxyl groups excluding tert-OH is 1. The highest BCUT2D eigenvalue weighted by Gasteiger charge is 2.30. The standard InChI is InChI=1S/C17H21N3O4/c1-19(2)15(22)7-6-12-4-3-5-13(10-12)18-14-11-16(23)20(8-9-21)17(14)24/h3-5,10-11,18,21H,6-9H2,1-2H3. The number of hydrogen-bond donors (Lipinski definition) is 2. The normalized spacial score (nSPS) is 14.0. The smallest absolute Gasteiger partial charge is 0.277 e. The van der Waals surface area contributed by atoms with Gasteiger partial charge in [0.25, 0.3) is 11.8 Å². The molecule has 2 rings (SSSR count). The molecule has 0 fully saturated rings. The van der Waals surface area contributed by atoms with Crippen LogP contribution in [0.25, 0.3) is 0 Å². The van der Waals surface area contributed by atoms with E-state index in [1.54, 1.807) is 25.1 Å². The van der Waals surface area contributed by atoms with Crippen LogP contribution in [-0.4, -0.2) is 59.9 Å². The lowest BCUT2D eigenvalue weighted by molar-refractivity contribution is -0.137. The van der Waals surface area contributed by atoms with Gasteiger partial charge < -0.3 is 15.3 Å². The molecule has 0 saturated carbocycles. The summed E-state index contributed by atoms with van der Waals surface area (Å²) in [4.78, 5) is 38.0. The first-order chi connectivity index (χ1) is 11.4. The van der Waals surface area contributed by atoms with Gasteiger partial charge in [-0.2, -0.15) is 0 Å². The Hall–Kier alpha value is -2.67. The third-order valence-electron chi connectivity index (χ3n) is 3.67. The monoisotopic (exact) mass is 331 g/mol. The van der Waals surface area contributed by atoms with Gasteiger partial charge in [-0.3, -0.25) is 19.3 Å². The molecule has 24 heavy (non-hydrogen) atoms. The highest BCUT2D eigenvalue weighted by molar-refractivity contribution is 6.17. The van der Waals surface area contributed by atoms with Gasteiger partial charge >= 0.3 is 0 Å². The number of benzene rings is 1. The number of amides is 3. The number of aryl methyl sites for hydroxylation is 1. The van der Waals surface area contributed by atoms with Gasteiger partial charge in [0.15, 0.2) is 0 Å². The molecular formula is C17H21N3O4. The van der Waals surface area contributed by atoms with Crippen LogP contribution >= 0.6 is 0 Å². The Morgan fingerprint density at radius 1 is 1.29 bits per heavy atom. The molecule has 0 aliphatic carbocycles. The van der Waals surface area contributed by atoms with Crippen LogP contribution in [0.5, 0.6) is 0 Å². The number of hydrogen-bond acceptors (Lipinski definition) is 5. The van der Waals surface area contributed by atoms with Crippen molar-refractivity contribution in [3.8, 4) is 0 Å². The molecule has 1 aliphatic heterocycles. The van der Waals surface area contributed by atoms with Gasteiger partial charge in [-0.25, -0.2) is 0 Å². The Balaban J connectivity index is 2.02. The average molecular weight is 331 g/mol. The van der Waals surface area contributed by atoms with Gasteiger partial charge in [-0.05, 0) is 24.1 Å². The predicted octanol–water partition coefficient (Wildman–Crippen LogP) is 0.364. The largest absolute Gasteiger partial charge is 0.395 e. The number of rotatable bonds is 7. The van der Waals surface area contributed by atoms with E-state index < -0.39 is 11.8 Å². The van der Waals surface area contributed by atoms with Gasteiger partial charge in [0, 0.05) is 32.3 Å². The van der Waals surface area contributed by atoms with Crippen molar-refractivity contribution in [2.75, 3.05) is 32.6 Å². The maximum atomic E-state index is 12.1. The lowest BCUT2D eigenvalue weighted by Gasteiger charge is -2.14. The molecular weight excluding hydrogens is 310 g/mol. The summed E-state index contributed by atoms with van der Waals surface area (Å²) in [5, 5.41) is 11.8. The van der Waals surface area contributed by atoms with E-state index in [0.717, 1.165) is 10.5 Å². The van der Waals surface area contributed by atoms with E-state index in [1.165, 1.54) is 6.08 Å². The fraction of sp³-hybridized carbons (Fsp3) is 0.353. The third-order valence-corrected chi connectivity index (χ3v) is 3.67. The van der Waals surface area contributed by atoms with Gasteiger partial charge in [-0.15, -0.1) is 0 Å². The molecule has 0 bridgehead atoms. The summed E-state index contributed by atoms with van der Waals surface area (Å²) in [6.45, 7) is -0.292. The van der Waals surface area contributed by atoms with Crippen molar-refractivity contribution in [1.29, 1.82) is 0 Å². The topological polar surface area (TPSA) is 90.0 Å². The molecule has 1 aromatic rings. The van der Waals surface area contributed by atoms with E-state index in [-0.39, 0.29) is 24.8 Å². The molecule has 0 spiro atoms. The van der Waals surface area contributed by atoms with Crippen LogP contribution in [0.15, 0.2) is 36.0 Å². The Morgan fingerprint density at radius 3 is 2.71 bits per heavy atom. The van der Waals surface area contributed by atoms with E-state index >= 15 is 0 Å². The van der Waals surface area contributed by atoms with Gasteiger partial charge in [0.05, 0.1) is 13.2 Å². The maximum Gasteiger partial charge on any atom is 0.277 e. The highest BCUT2D eigenvalue weighted by atomic mass is 16.3. The number of carbonyl (C=O) groups is 3. The molecule has 0 aromatic heterocycles. The number of anilines is 1. The van der Waals surface area contributed by atoms with Gasteiger partial charge in [-0.1, -0.05) is 12.1 Å². The minimum atomic E-state index is -0.456. The summed E-state index contributed by atoms with van der Waals surface area (Å²) in [6.07, 6.45) is 2.22. The Bertz CT molecular complexity index is 682. The minimum absolute atomic E-state index is 0.0218. The average Bonchev–Trinajstić information content (AvgIpc) is 2.81. The summed E-state index contributed by atoms with van der Waals surface area (Å²) < 4.78 is 0. The fourth-order valence-corrected chi connectivity index (χ4v) is 2.34. The van der Waals surface area contributed by atoms with Gasteiger partial charge in [0.1, 0.15) is 5.70 Å². The first-order valence-corrected chi connectivity index (χ1v) is 7.67. The summed E-state index contributed by atoms with van der Waals surface area (Å²) in [5.41, 5.74) is 1.80. The molecule has 7 nitrogen and oxygen atoms in total. The predicted molar refractivity (Wildman–Crippen MR) is 89.0 cm³/mol. The Labute approximate surface area is 140 Å². The van der Waals surface area contributed by atoms with Crippen LogP contribution in [0.2, 0.25) is 0 Å². The van der Waals surface area contributed by atoms with E-state index in [0.29, 0.717) is 18.5 Å². The van der Waals surface area contributed by atoms with Crippen LogP contribution in [-0.2, 0) is 20.8 Å². The summed E-state index contributed by atoms with van der Waals surface area (Å²) in [7, 11) is 3.43. The van der Waals surface area contributed by atoms with Crippen molar-refractivity contribution in [1.82, 2.24) is 9.80 Å². The second kappa shape index (κ2) is 7.74. The van der Waals surface area contributed by atoms with Crippen molar-refractivity contribution in [3.05, 3.63) is 41.6 Å². The van der Waals surface area contributed by atoms with Crippen LogP contribution < -0.4 is 5.32 Å². The van der Waals surface area contributed by atoms with E-state index in [1.807, 2.05) is 18.2 Å². The first kappa shape index (κ1) is 17.7. The quantitative estimate of drug-likeness (QED) is 0.704. The number of aliphatic hydroxyl groups is 1. The SMILES string of the molecule is CN(C)C(=O)CCc1cccc(NC2=CC(=O)N(CCO)C2=O)c1. The van der Waals surface area contributed by atoms with Crippen molar-refractivity contribution in [3.63, 3.8) is 0 Å². The molecule has 0 atom stereocenters. The van der Waals surface area contributed by atoms with Crippen molar-refractivity contribution < 1.29 is 19.5 Å². The molecule has 1 heterocycles. The number of carbonyl (C=O) groups excluding carboxylic acids is 3. The Kier molecular flexibility index (Phi) is 5.70. The molecule has 1 aliphatic rings. The zero-order valence-corrected chi connectivity index (χ0v) is 13.8. The molecule has 0 unspecified atom stereocenters. The highest BCUT2D eigenvalue weighted by Crippen LogP contribution is 2.18. The summed E-state index contributed by atoms with van der Waals surface area (Å²) in [6, 6.07) is 7.36. The van der Waals surface area contributed by atoms with Crippen LogP contribution in [0.1, 0.15) is 12.0 Å². The second-order valence-electron chi connectivity index (χ2n) is 5.69. The molecule has 128 valence electrons. The van der Waals surface area contributed by atoms with Crippen molar-refractivity contribution >= 4 is 23.4 Å². The molecule has 0 radical (unpaired) electrons. The third kappa shape index (κ3) is 4.20. The second-order valence-corrected chi connectivity index (χ2v) is 5.69. The molecule has 2 N–H and O–H groups in total. The van der Waals surface area contributed by atoms with Crippen LogP contribution in [0.3, 0.4) is 0 Å². The maximum absolute atomic E-state index is 12.1.